The molecular weight excluding hydrogens is 398 g/mol. The molecule has 0 aromatic heterocycles. The van der Waals surface area contributed by atoms with E-state index in [1.807, 2.05) is 0 Å². The number of nitrogens with zero attached hydrogens (tertiary/aromatic N) is 1. The van der Waals surface area contributed by atoms with Gasteiger partial charge in [0.05, 0.1) is 21.3 Å². The fourth-order valence-corrected chi connectivity index (χ4v) is 4.96. The first-order valence-electron chi connectivity index (χ1n) is 13.3. The van der Waals surface area contributed by atoms with E-state index in [-0.39, 0.29) is 0 Å². The molecule has 0 spiro atoms. The quantitative estimate of drug-likeness (QED) is 0.217. The summed E-state index contributed by atoms with van der Waals surface area (Å²) in [6.07, 6.45) is 20.8. The largest absolute Gasteiger partial charge is 0.493 e. The van der Waals surface area contributed by atoms with Crippen LogP contribution in [-0.2, 0) is 13.0 Å². The van der Waals surface area contributed by atoms with Crippen molar-refractivity contribution in [3.05, 3.63) is 17.2 Å². The van der Waals surface area contributed by atoms with Crippen molar-refractivity contribution in [1.82, 2.24) is 4.90 Å². The standard InChI is InChI=1S/C28H49NO3/c1-5-6-7-8-9-10-11-12-13-14-15-16-17-18-20-29-21-19-24-22-26(30-2)28(32-4)27(31-3)25(24)23-29/h22H,5-21,23H2,1-4H3. The lowest BCUT2D eigenvalue weighted by Crippen LogP contribution is -2.31. The summed E-state index contributed by atoms with van der Waals surface area (Å²) in [4.78, 5) is 2.57. The van der Waals surface area contributed by atoms with Gasteiger partial charge >= 0.3 is 0 Å². The lowest BCUT2D eigenvalue weighted by atomic mass is 9.97. The molecule has 0 N–H and O–H groups in total. The number of rotatable bonds is 18. The molecule has 1 aliphatic rings. The molecule has 0 unspecified atom stereocenters. The van der Waals surface area contributed by atoms with E-state index in [0.29, 0.717) is 5.75 Å². The summed E-state index contributed by atoms with van der Waals surface area (Å²) in [7, 11) is 5.10. The highest BCUT2D eigenvalue weighted by Crippen LogP contribution is 2.43. The topological polar surface area (TPSA) is 30.9 Å². The number of unbranched alkanes of at least 4 members (excludes halogenated alkanes) is 13. The molecule has 4 heteroatoms. The molecule has 0 radical (unpaired) electrons. The maximum Gasteiger partial charge on any atom is 0.203 e. The molecule has 184 valence electrons. The first-order valence-corrected chi connectivity index (χ1v) is 13.3. The molecule has 0 atom stereocenters. The zero-order chi connectivity index (χ0) is 23.0. The molecule has 0 amide bonds. The zero-order valence-corrected chi connectivity index (χ0v) is 21.5. The van der Waals surface area contributed by atoms with Crippen LogP contribution in [0.15, 0.2) is 6.07 Å². The Labute approximate surface area is 198 Å². The van der Waals surface area contributed by atoms with Crippen LogP contribution >= 0.6 is 0 Å². The summed E-state index contributed by atoms with van der Waals surface area (Å²) in [6, 6.07) is 2.13. The second-order valence-corrected chi connectivity index (χ2v) is 9.41. The minimum atomic E-state index is 0.715. The van der Waals surface area contributed by atoms with E-state index >= 15 is 0 Å². The van der Waals surface area contributed by atoms with Crippen molar-refractivity contribution in [1.29, 1.82) is 0 Å². The van der Waals surface area contributed by atoms with Crippen LogP contribution in [-0.4, -0.2) is 39.3 Å². The maximum atomic E-state index is 5.72. The molecular formula is C28H49NO3. The zero-order valence-electron chi connectivity index (χ0n) is 21.5. The highest BCUT2D eigenvalue weighted by Gasteiger charge is 2.25. The van der Waals surface area contributed by atoms with Crippen molar-refractivity contribution in [2.75, 3.05) is 34.4 Å². The monoisotopic (exact) mass is 447 g/mol. The Hall–Kier alpha value is -1.42. The van der Waals surface area contributed by atoms with Gasteiger partial charge in [-0.05, 0) is 31.0 Å². The van der Waals surface area contributed by atoms with Crippen LogP contribution in [0.4, 0.5) is 0 Å². The van der Waals surface area contributed by atoms with Crippen LogP contribution < -0.4 is 14.2 Å². The Balaban J connectivity index is 1.56. The van der Waals surface area contributed by atoms with E-state index in [1.54, 1.807) is 21.3 Å². The van der Waals surface area contributed by atoms with Crippen LogP contribution in [0.3, 0.4) is 0 Å². The fraction of sp³-hybridized carbons (Fsp3) is 0.786. The third-order valence-corrected chi connectivity index (χ3v) is 6.93. The van der Waals surface area contributed by atoms with Crippen LogP contribution in [0.5, 0.6) is 17.2 Å². The Morgan fingerprint density at radius 1 is 0.688 bits per heavy atom. The second-order valence-electron chi connectivity index (χ2n) is 9.41. The summed E-state index contributed by atoms with van der Waals surface area (Å²) in [5.41, 5.74) is 2.60. The van der Waals surface area contributed by atoms with Gasteiger partial charge in [-0.1, -0.05) is 90.4 Å². The molecule has 1 aromatic rings. The highest BCUT2D eigenvalue weighted by molar-refractivity contribution is 5.59. The third kappa shape index (κ3) is 8.84. The molecule has 1 heterocycles. The maximum absolute atomic E-state index is 5.72. The molecule has 0 saturated heterocycles. The van der Waals surface area contributed by atoms with Gasteiger partial charge in [-0.15, -0.1) is 0 Å². The van der Waals surface area contributed by atoms with Crippen molar-refractivity contribution in [2.24, 2.45) is 0 Å². The number of methoxy groups -OCH3 is 3. The summed E-state index contributed by atoms with van der Waals surface area (Å²) in [5.74, 6) is 2.32. The van der Waals surface area contributed by atoms with Gasteiger partial charge in [-0.2, -0.15) is 0 Å². The van der Waals surface area contributed by atoms with Crippen LogP contribution in [0.2, 0.25) is 0 Å². The van der Waals surface area contributed by atoms with Gasteiger partial charge in [0.2, 0.25) is 5.75 Å². The predicted molar refractivity (Wildman–Crippen MR) is 135 cm³/mol. The second kappa shape index (κ2) is 16.2. The highest BCUT2D eigenvalue weighted by atomic mass is 16.5. The van der Waals surface area contributed by atoms with Gasteiger partial charge in [0.1, 0.15) is 0 Å². The van der Waals surface area contributed by atoms with Crippen LogP contribution in [0, 0.1) is 0 Å². The minimum absolute atomic E-state index is 0.715. The van der Waals surface area contributed by atoms with E-state index in [0.717, 1.165) is 31.0 Å². The van der Waals surface area contributed by atoms with Crippen molar-refractivity contribution in [3.63, 3.8) is 0 Å². The number of ether oxygens (including phenoxy) is 3. The van der Waals surface area contributed by atoms with E-state index in [4.69, 9.17) is 14.2 Å². The first-order chi connectivity index (χ1) is 15.7. The average molecular weight is 448 g/mol. The molecule has 4 nitrogen and oxygen atoms in total. The Kier molecular flexibility index (Phi) is 13.6. The van der Waals surface area contributed by atoms with Gasteiger partial charge in [0.15, 0.2) is 11.5 Å². The molecule has 32 heavy (non-hydrogen) atoms. The van der Waals surface area contributed by atoms with E-state index in [1.165, 1.54) is 108 Å². The molecule has 2 rings (SSSR count). The number of fused-ring (bicyclic) bond motifs is 1. The SMILES string of the molecule is CCCCCCCCCCCCCCCCN1CCc2cc(OC)c(OC)c(OC)c2C1. The lowest BCUT2D eigenvalue weighted by Gasteiger charge is -2.31. The molecule has 1 aromatic carbocycles. The lowest BCUT2D eigenvalue weighted by molar-refractivity contribution is 0.239. The predicted octanol–water partition coefficient (Wildman–Crippen LogP) is 7.55. The van der Waals surface area contributed by atoms with Crippen LogP contribution in [0.25, 0.3) is 0 Å². The number of hydrogen-bond donors (Lipinski definition) is 0. The van der Waals surface area contributed by atoms with E-state index in [2.05, 4.69) is 17.9 Å². The minimum Gasteiger partial charge on any atom is -0.493 e. The molecule has 0 aliphatic carbocycles. The molecule has 0 saturated carbocycles. The van der Waals surface area contributed by atoms with Gasteiger partial charge in [0, 0.05) is 18.7 Å². The Morgan fingerprint density at radius 3 is 1.72 bits per heavy atom. The van der Waals surface area contributed by atoms with Gasteiger partial charge in [-0.25, -0.2) is 0 Å². The van der Waals surface area contributed by atoms with E-state index in [9.17, 15) is 0 Å². The van der Waals surface area contributed by atoms with Crippen molar-refractivity contribution in [2.45, 2.75) is 110 Å². The Bertz CT molecular complexity index is 632. The first kappa shape index (κ1) is 26.8. The number of hydrogen-bond acceptors (Lipinski definition) is 4. The van der Waals surface area contributed by atoms with E-state index < -0.39 is 0 Å². The van der Waals surface area contributed by atoms with Crippen molar-refractivity contribution in [3.8, 4) is 17.2 Å². The van der Waals surface area contributed by atoms with Gasteiger partial charge < -0.3 is 14.2 Å². The smallest absolute Gasteiger partial charge is 0.203 e. The van der Waals surface area contributed by atoms with Crippen LogP contribution in [0.1, 0.15) is 108 Å². The summed E-state index contributed by atoms with van der Waals surface area (Å²) in [5, 5.41) is 0. The van der Waals surface area contributed by atoms with Gasteiger partial charge in [0.25, 0.3) is 0 Å². The summed E-state index contributed by atoms with van der Waals surface area (Å²) >= 11 is 0. The van der Waals surface area contributed by atoms with Crippen molar-refractivity contribution >= 4 is 0 Å². The summed E-state index contributed by atoms with van der Waals surface area (Å²) < 4.78 is 16.8. The molecule has 1 aliphatic heterocycles. The molecule has 0 bridgehead atoms. The fourth-order valence-electron chi connectivity index (χ4n) is 4.96. The number of benzene rings is 1. The molecule has 0 fully saturated rings. The third-order valence-electron chi connectivity index (χ3n) is 6.93. The average Bonchev–Trinajstić information content (AvgIpc) is 2.82. The van der Waals surface area contributed by atoms with Gasteiger partial charge in [-0.3, -0.25) is 4.90 Å². The summed E-state index contributed by atoms with van der Waals surface area (Å²) in [6.45, 7) is 5.52. The Morgan fingerprint density at radius 2 is 1.22 bits per heavy atom. The normalized spacial score (nSPS) is 13.8. The van der Waals surface area contributed by atoms with Crippen molar-refractivity contribution < 1.29 is 14.2 Å².